The van der Waals surface area contributed by atoms with Crippen molar-refractivity contribution in [3.63, 3.8) is 0 Å². The first-order valence-corrected chi connectivity index (χ1v) is 7.31. The van der Waals surface area contributed by atoms with Crippen LogP contribution in [0.4, 0.5) is 4.39 Å². The van der Waals surface area contributed by atoms with Crippen LogP contribution >= 0.6 is 15.9 Å². The van der Waals surface area contributed by atoms with Gasteiger partial charge in [-0.25, -0.2) is 4.39 Å². The van der Waals surface area contributed by atoms with Crippen molar-refractivity contribution < 1.29 is 4.39 Å². The fourth-order valence-electron chi connectivity index (χ4n) is 1.91. The lowest BCUT2D eigenvalue weighted by molar-refractivity contribution is 0.265. The fraction of sp³-hybridized carbons (Fsp3) is 0.600. The molecule has 0 aliphatic heterocycles. The van der Waals surface area contributed by atoms with Gasteiger partial charge in [0.05, 0.1) is 0 Å². The first-order chi connectivity index (χ1) is 8.34. The van der Waals surface area contributed by atoms with Crippen molar-refractivity contribution in [1.29, 1.82) is 0 Å². The number of hydrogen-bond acceptors (Lipinski definition) is 1. The number of rotatable bonds is 5. The van der Waals surface area contributed by atoms with E-state index >= 15 is 0 Å². The zero-order chi connectivity index (χ0) is 13.8. The molecule has 1 aromatic carbocycles. The highest BCUT2D eigenvalue weighted by Gasteiger charge is 2.25. The fourth-order valence-corrected chi connectivity index (χ4v) is 2.24. The Hall–Kier alpha value is -0.410. The Morgan fingerprint density at radius 3 is 2.50 bits per heavy atom. The van der Waals surface area contributed by atoms with Crippen molar-refractivity contribution in [3.05, 3.63) is 34.1 Å². The summed E-state index contributed by atoms with van der Waals surface area (Å²) in [5.41, 5.74) is 0.899. The maximum Gasteiger partial charge on any atom is 0.127 e. The summed E-state index contributed by atoms with van der Waals surface area (Å²) in [6.07, 6.45) is 1.82. The zero-order valence-corrected chi connectivity index (χ0v) is 13.3. The molecule has 0 aliphatic carbocycles. The van der Waals surface area contributed by atoms with Gasteiger partial charge in [0, 0.05) is 10.5 Å². The van der Waals surface area contributed by atoms with Gasteiger partial charge >= 0.3 is 0 Å². The van der Waals surface area contributed by atoms with Crippen molar-refractivity contribution in [3.8, 4) is 0 Å². The molecule has 0 spiro atoms. The van der Waals surface area contributed by atoms with Crippen molar-refractivity contribution in [2.75, 3.05) is 6.54 Å². The first-order valence-electron chi connectivity index (χ1n) is 6.52. The molecule has 1 rings (SSSR count). The van der Waals surface area contributed by atoms with Gasteiger partial charge in [-0.05, 0) is 42.5 Å². The number of hydrogen-bond donors (Lipinski definition) is 1. The van der Waals surface area contributed by atoms with Gasteiger partial charge in [-0.1, -0.05) is 49.7 Å². The summed E-state index contributed by atoms with van der Waals surface area (Å²) < 4.78 is 14.7. The third-order valence-electron chi connectivity index (χ3n) is 3.13. The standard InChI is InChI=1S/C15H23BrFN/c1-5-8-18-14(15(2,3)4)9-11-6-7-12(16)10-13(11)17/h6-7,10,14,18H,5,8-9H2,1-4H3. The lowest BCUT2D eigenvalue weighted by atomic mass is 9.83. The number of halogens is 2. The molecule has 0 radical (unpaired) electrons. The molecule has 0 aromatic heterocycles. The molecule has 0 saturated carbocycles. The molecule has 102 valence electrons. The summed E-state index contributed by atoms with van der Waals surface area (Å²) in [6.45, 7) is 9.69. The molecule has 0 heterocycles. The van der Waals surface area contributed by atoms with Gasteiger partial charge < -0.3 is 5.32 Å². The van der Waals surface area contributed by atoms with E-state index in [2.05, 4.69) is 48.9 Å². The smallest absolute Gasteiger partial charge is 0.127 e. The molecule has 1 aromatic rings. The molecule has 0 amide bonds. The lowest BCUT2D eigenvalue weighted by Gasteiger charge is -2.32. The molecule has 1 unspecified atom stereocenters. The molecular weight excluding hydrogens is 293 g/mol. The van der Waals surface area contributed by atoms with E-state index in [1.54, 1.807) is 0 Å². The molecule has 0 fully saturated rings. The number of benzene rings is 1. The summed E-state index contributed by atoms with van der Waals surface area (Å²) in [7, 11) is 0. The van der Waals surface area contributed by atoms with E-state index in [1.165, 1.54) is 6.07 Å². The highest BCUT2D eigenvalue weighted by Crippen LogP contribution is 2.25. The molecule has 3 heteroatoms. The maximum atomic E-state index is 13.9. The molecular formula is C15H23BrFN. The highest BCUT2D eigenvalue weighted by molar-refractivity contribution is 9.10. The second-order valence-corrected chi connectivity index (χ2v) is 6.73. The SMILES string of the molecule is CCCNC(Cc1ccc(Br)cc1F)C(C)(C)C. The van der Waals surface area contributed by atoms with Crippen LogP contribution in [0.3, 0.4) is 0 Å². The van der Waals surface area contributed by atoms with Gasteiger partial charge in [0.15, 0.2) is 0 Å². The van der Waals surface area contributed by atoms with E-state index in [0.29, 0.717) is 0 Å². The van der Waals surface area contributed by atoms with E-state index in [9.17, 15) is 4.39 Å². The topological polar surface area (TPSA) is 12.0 Å². The summed E-state index contributed by atoms with van der Waals surface area (Å²) >= 11 is 3.29. The van der Waals surface area contributed by atoms with Crippen LogP contribution in [-0.2, 0) is 6.42 Å². The van der Waals surface area contributed by atoms with Crippen LogP contribution in [0.15, 0.2) is 22.7 Å². The second kappa shape index (κ2) is 6.67. The largest absolute Gasteiger partial charge is 0.313 e. The summed E-state index contributed by atoms with van der Waals surface area (Å²) in [4.78, 5) is 0. The van der Waals surface area contributed by atoms with Gasteiger partial charge in [-0.15, -0.1) is 0 Å². The highest BCUT2D eigenvalue weighted by atomic mass is 79.9. The van der Waals surface area contributed by atoms with Crippen LogP contribution in [0.25, 0.3) is 0 Å². The van der Waals surface area contributed by atoms with Crippen LogP contribution in [0, 0.1) is 11.2 Å². The minimum atomic E-state index is -0.128. The average molecular weight is 316 g/mol. The third-order valence-corrected chi connectivity index (χ3v) is 3.62. The van der Waals surface area contributed by atoms with E-state index < -0.39 is 0 Å². The summed E-state index contributed by atoms with van der Waals surface area (Å²) in [5, 5.41) is 3.52. The maximum absolute atomic E-state index is 13.9. The average Bonchev–Trinajstić information content (AvgIpc) is 2.25. The Balaban J connectivity index is 2.82. The van der Waals surface area contributed by atoms with E-state index in [1.807, 2.05) is 12.1 Å². The van der Waals surface area contributed by atoms with Gasteiger partial charge in [0.2, 0.25) is 0 Å². The summed E-state index contributed by atoms with van der Waals surface area (Å²) in [6, 6.07) is 5.59. The van der Waals surface area contributed by atoms with Crippen molar-refractivity contribution in [1.82, 2.24) is 5.32 Å². The Labute approximate surface area is 118 Å². The lowest BCUT2D eigenvalue weighted by Crippen LogP contribution is -2.42. The van der Waals surface area contributed by atoms with Gasteiger partial charge in [0.1, 0.15) is 5.82 Å². The molecule has 1 nitrogen and oxygen atoms in total. The van der Waals surface area contributed by atoms with Crippen LogP contribution in [0.2, 0.25) is 0 Å². The van der Waals surface area contributed by atoms with Crippen LogP contribution in [0.5, 0.6) is 0 Å². The second-order valence-electron chi connectivity index (χ2n) is 5.81. The minimum Gasteiger partial charge on any atom is -0.313 e. The molecule has 0 bridgehead atoms. The minimum absolute atomic E-state index is 0.120. The van der Waals surface area contributed by atoms with E-state index in [-0.39, 0.29) is 17.3 Å². The predicted octanol–water partition coefficient (Wildman–Crippen LogP) is 4.55. The van der Waals surface area contributed by atoms with Crippen LogP contribution in [-0.4, -0.2) is 12.6 Å². The van der Waals surface area contributed by atoms with Crippen LogP contribution < -0.4 is 5.32 Å². The quantitative estimate of drug-likeness (QED) is 0.840. The Bertz CT molecular complexity index is 385. The third kappa shape index (κ3) is 4.69. The molecule has 0 saturated heterocycles. The molecule has 1 atom stereocenters. The Morgan fingerprint density at radius 2 is 2.00 bits per heavy atom. The van der Waals surface area contributed by atoms with Gasteiger partial charge in [-0.3, -0.25) is 0 Å². The van der Waals surface area contributed by atoms with Gasteiger partial charge in [-0.2, -0.15) is 0 Å². The van der Waals surface area contributed by atoms with Crippen molar-refractivity contribution >= 4 is 15.9 Å². The number of nitrogens with one attached hydrogen (secondary N) is 1. The van der Waals surface area contributed by atoms with Crippen molar-refractivity contribution in [2.24, 2.45) is 5.41 Å². The molecule has 0 aliphatic rings. The van der Waals surface area contributed by atoms with Crippen LogP contribution in [0.1, 0.15) is 39.7 Å². The zero-order valence-electron chi connectivity index (χ0n) is 11.7. The Kier molecular flexibility index (Phi) is 5.80. The summed E-state index contributed by atoms with van der Waals surface area (Å²) in [5.74, 6) is -0.128. The Morgan fingerprint density at radius 1 is 1.33 bits per heavy atom. The van der Waals surface area contributed by atoms with Gasteiger partial charge in [0.25, 0.3) is 0 Å². The molecule has 18 heavy (non-hydrogen) atoms. The van der Waals surface area contributed by atoms with Crippen molar-refractivity contribution in [2.45, 2.75) is 46.6 Å². The monoisotopic (exact) mass is 315 g/mol. The first kappa shape index (κ1) is 15.6. The normalized spacial score (nSPS) is 13.7. The van der Waals surface area contributed by atoms with E-state index in [4.69, 9.17) is 0 Å². The molecule has 1 N–H and O–H groups in total. The van der Waals surface area contributed by atoms with E-state index in [0.717, 1.165) is 29.4 Å². The predicted molar refractivity (Wildman–Crippen MR) is 79.3 cm³/mol.